The highest BCUT2D eigenvalue weighted by Gasteiger charge is 2.20. The summed E-state index contributed by atoms with van der Waals surface area (Å²) in [6.07, 6.45) is 5.30. The van der Waals surface area contributed by atoms with Crippen LogP contribution in [0.5, 0.6) is 5.88 Å². The number of aromatic nitrogens is 1. The first-order chi connectivity index (χ1) is 17.2. The Bertz CT molecular complexity index is 1110. The number of unbranched alkanes of at least 4 members (excludes halogenated alkanes) is 3. The SMILES string of the molecule is CCCCCCNC(=O)c1ccc(S(=O)(=O)NC(=O)c2ccc(OC(=O)OC(CC)CC)nc2)cc1. The zero-order chi connectivity index (χ0) is 26.6. The predicted octanol–water partition coefficient (Wildman–Crippen LogP) is 4.21. The molecule has 0 saturated heterocycles. The van der Waals surface area contributed by atoms with Gasteiger partial charge >= 0.3 is 6.16 Å². The third-order valence-electron chi connectivity index (χ3n) is 5.33. The number of carbonyl (C=O) groups excluding carboxylic acids is 3. The molecule has 0 saturated carbocycles. The monoisotopic (exact) mass is 519 g/mol. The zero-order valence-electron chi connectivity index (χ0n) is 20.8. The minimum absolute atomic E-state index is 0.0571. The van der Waals surface area contributed by atoms with Gasteiger partial charge in [0.1, 0.15) is 6.10 Å². The maximum atomic E-state index is 12.6. The molecule has 0 unspecified atom stereocenters. The molecule has 0 aliphatic rings. The van der Waals surface area contributed by atoms with E-state index in [-0.39, 0.29) is 28.4 Å². The van der Waals surface area contributed by atoms with Crippen LogP contribution in [0.15, 0.2) is 47.5 Å². The van der Waals surface area contributed by atoms with Gasteiger partial charge in [0, 0.05) is 24.4 Å². The standard InChI is InChI=1S/C25H33N3O7S/c1-4-7-8-9-16-26-23(29)18-10-13-21(14-11-18)36(32,33)28-24(30)19-12-15-22(27-17-19)35-25(31)34-20(5-2)6-3/h10-15,17,20H,4-9,16H2,1-3H3,(H,26,29)(H,28,30). The summed E-state index contributed by atoms with van der Waals surface area (Å²) in [6, 6.07) is 7.80. The maximum absolute atomic E-state index is 12.6. The summed E-state index contributed by atoms with van der Waals surface area (Å²) in [5.74, 6) is -1.30. The van der Waals surface area contributed by atoms with Crippen molar-refractivity contribution >= 4 is 28.0 Å². The van der Waals surface area contributed by atoms with Gasteiger partial charge in [0.2, 0.25) is 5.88 Å². The van der Waals surface area contributed by atoms with Crippen molar-refractivity contribution in [3.63, 3.8) is 0 Å². The first-order valence-electron chi connectivity index (χ1n) is 12.0. The second-order valence-corrected chi connectivity index (χ2v) is 9.75. The molecule has 0 aliphatic carbocycles. The molecule has 10 nitrogen and oxygen atoms in total. The van der Waals surface area contributed by atoms with Gasteiger partial charge in [-0.3, -0.25) is 9.59 Å². The molecular formula is C25H33N3O7S. The normalized spacial score (nSPS) is 11.1. The molecule has 1 aromatic heterocycles. The van der Waals surface area contributed by atoms with E-state index in [2.05, 4.69) is 17.2 Å². The number of pyridine rings is 1. The van der Waals surface area contributed by atoms with Crippen molar-refractivity contribution in [3.05, 3.63) is 53.7 Å². The van der Waals surface area contributed by atoms with Gasteiger partial charge in [0.25, 0.3) is 21.8 Å². The fourth-order valence-electron chi connectivity index (χ4n) is 3.16. The molecular weight excluding hydrogens is 486 g/mol. The molecule has 0 radical (unpaired) electrons. The topological polar surface area (TPSA) is 141 Å². The maximum Gasteiger partial charge on any atom is 0.515 e. The lowest BCUT2D eigenvalue weighted by molar-refractivity contribution is 0.0538. The number of benzene rings is 1. The van der Waals surface area contributed by atoms with E-state index in [0.29, 0.717) is 24.9 Å². The van der Waals surface area contributed by atoms with Crippen molar-refractivity contribution in [2.75, 3.05) is 6.54 Å². The Morgan fingerprint density at radius 1 is 0.889 bits per heavy atom. The first-order valence-corrected chi connectivity index (χ1v) is 13.5. The number of nitrogens with one attached hydrogen (secondary N) is 2. The molecule has 2 aromatic rings. The highest BCUT2D eigenvalue weighted by molar-refractivity contribution is 7.90. The second kappa shape index (κ2) is 14.2. The smallest absolute Gasteiger partial charge is 0.431 e. The number of nitrogens with zero attached hydrogens (tertiary/aromatic N) is 1. The molecule has 36 heavy (non-hydrogen) atoms. The zero-order valence-corrected chi connectivity index (χ0v) is 21.6. The van der Waals surface area contributed by atoms with Crippen LogP contribution in [0.25, 0.3) is 0 Å². The van der Waals surface area contributed by atoms with Crippen LogP contribution in [0.4, 0.5) is 4.79 Å². The lowest BCUT2D eigenvalue weighted by atomic mass is 10.2. The highest BCUT2D eigenvalue weighted by atomic mass is 32.2. The van der Waals surface area contributed by atoms with Crippen molar-refractivity contribution in [1.29, 1.82) is 0 Å². The molecule has 196 valence electrons. The van der Waals surface area contributed by atoms with Crippen molar-refractivity contribution < 1.29 is 32.3 Å². The van der Waals surface area contributed by atoms with Crippen LogP contribution in [0.1, 0.15) is 80.0 Å². The Labute approximate surface area is 211 Å². The van der Waals surface area contributed by atoms with Crippen molar-refractivity contribution in [2.45, 2.75) is 70.3 Å². The molecule has 11 heteroatoms. The lowest BCUT2D eigenvalue weighted by Gasteiger charge is -2.13. The second-order valence-electron chi connectivity index (χ2n) is 8.07. The van der Waals surface area contributed by atoms with Crippen LogP contribution in [0.3, 0.4) is 0 Å². The number of hydrogen-bond donors (Lipinski definition) is 2. The lowest BCUT2D eigenvalue weighted by Crippen LogP contribution is -2.30. The van der Waals surface area contributed by atoms with Gasteiger partial charge < -0.3 is 14.8 Å². The fourth-order valence-corrected chi connectivity index (χ4v) is 4.13. The number of ether oxygens (including phenoxy) is 2. The van der Waals surface area contributed by atoms with Gasteiger partial charge in [0.05, 0.1) is 10.5 Å². The quantitative estimate of drug-likeness (QED) is 0.296. The molecule has 0 bridgehead atoms. The number of rotatable bonds is 13. The third-order valence-corrected chi connectivity index (χ3v) is 6.68. The van der Waals surface area contributed by atoms with Crippen molar-refractivity contribution in [3.8, 4) is 5.88 Å². The fraction of sp³-hybridized carbons (Fsp3) is 0.440. The number of sulfonamides is 1. The molecule has 2 amide bonds. The number of carbonyl (C=O) groups is 3. The average molecular weight is 520 g/mol. The Morgan fingerprint density at radius 3 is 2.14 bits per heavy atom. The van der Waals surface area contributed by atoms with Crippen LogP contribution in [0.2, 0.25) is 0 Å². The van der Waals surface area contributed by atoms with E-state index in [1.807, 2.05) is 18.6 Å². The Hall–Kier alpha value is -3.47. The Morgan fingerprint density at radius 2 is 1.56 bits per heavy atom. The molecule has 0 atom stereocenters. The summed E-state index contributed by atoms with van der Waals surface area (Å²) in [6.45, 7) is 6.41. The first kappa shape index (κ1) is 28.8. The van der Waals surface area contributed by atoms with Gasteiger partial charge in [-0.25, -0.2) is 22.9 Å². The Kier molecular flexibility index (Phi) is 11.3. The van der Waals surface area contributed by atoms with Crippen molar-refractivity contribution in [2.24, 2.45) is 0 Å². The minimum Gasteiger partial charge on any atom is -0.431 e. The number of hydrogen-bond acceptors (Lipinski definition) is 8. The highest BCUT2D eigenvalue weighted by Crippen LogP contribution is 2.14. The van der Waals surface area contributed by atoms with E-state index in [9.17, 15) is 22.8 Å². The predicted molar refractivity (Wildman–Crippen MR) is 133 cm³/mol. The van der Waals surface area contributed by atoms with E-state index < -0.39 is 22.1 Å². The van der Waals surface area contributed by atoms with Crippen LogP contribution in [-0.2, 0) is 14.8 Å². The summed E-state index contributed by atoms with van der Waals surface area (Å²) >= 11 is 0. The Balaban J connectivity index is 1.94. The van der Waals surface area contributed by atoms with Gasteiger partial charge in [-0.05, 0) is 49.6 Å². The van der Waals surface area contributed by atoms with E-state index in [1.54, 1.807) is 0 Å². The largest absolute Gasteiger partial charge is 0.515 e. The summed E-state index contributed by atoms with van der Waals surface area (Å²) < 4.78 is 37.2. The van der Waals surface area contributed by atoms with Gasteiger partial charge in [-0.15, -0.1) is 0 Å². The summed E-state index contributed by atoms with van der Waals surface area (Å²) in [5, 5.41) is 2.80. The third kappa shape index (κ3) is 8.95. The van der Waals surface area contributed by atoms with E-state index in [1.165, 1.54) is 36.4 Å². The molecule has 0 aliphatic heterocycles. The minimum atomic E-state index is -4.19. The molecule has 2 N–H and O–H groups in total. The van der Waals surface area contributed by atoms with Crippen LogP contribution in [0, 0.1) is 0 Å². The van der Waals surface area contributed by atoms with Gasteiger partial charge in [-0.2, -0.15) is 0 Å². The van der Waals surface area contributed by atoms with Crippen LogP contribution in [-0.4, -0.2) is 44.0 Å². The molecule has 0 fully saturated rings. The van der Waals surface area contributed by atoms with Gasteiger partial charge in [-0.1, -0.05) is 40.0 Å². The van der Waals surface area contributed by atoms with E-state index >= 15 is 0 Å². The summed E-state index contributed by atoms with van der Waals surface area (Å²) in [7, 11) is -4.19. The van der Waals surface area contributed by atoms with Crippen LogP contribution < -0.4 is 14.8 Å². The summed E-state index contributed by atoms with van der Waals surface area (Å²) in [4.78, 5) is 40.1. The molecule has 2 rings (SSSR count). The number of amides is 2. The molecule has 1 aromatic carbocycles. The van der Waals surface area contributed by atoms with E-state index in [0.717, 1.165) is 31.9 Å². The molecule has 1 heterocycles. The van der Waals surface area contributed by atoms with E-state index in [4.69, 9.17) is 9.47 Å². The average Bonchev–Trinajstić information content (AvgIpc) is 2.87. The summed E-state index contributed by atoms with van der Waals surface area (Å²) in [5.41, 5.74) is 0.261. The van der Waals surface area contributed by atoms with Gasteiger partial charge in [0.15, 0.2) is 0 Å². The van der Waals surface area contributed by atoms with Crippen molar-refractivity contribution in [1.82, 2.24) is 15.0 Å². The van der Waals surface area contributed by atoms with Crippen LogP contribution >= 0.6 is 0 Å². The molecule has 0 spiro atoms.